The van der Waals surface area contributed by atoms with E-state index in [0.717, 1.165) is 0 Å². The van der Waals surface area contributed by atoms with Crippen LogP contribution in [0.15, 0.2) is 48.5 Å². The van der Waals surface area contributed by atoms with Gasteiger partial charge in [-0.25, -0.2) is 0 Å². The van der Waals surface area contributed by atoms with E-state index < -0.39 is 11.8 Å². The van der Waals surface area contributed by atoms with Crippen molar-refractivity contribution in [3.8, 4) is 5.75 Å². The smallest absolute Gasteiger partial charge is 0.233 e. The summed E-state index contributed by atoms with van der Waals surface area (Å²) in [6.07, 6.45) is -0.324. The molecule has 25 heavy (non-hydrogen) atoms. The fraction of sp³-hybridized carbons (Fsp3) is 0.211. The fourth-order valence-corrected chi connectivity index (χ4v) is 2.18. The topological polar surface area (TPSA) is 84.5 Å². The molecule has 130 valence electrons. The van der Waals surface area contributed by atoms with Gasteiger partial charge in [-0.3, -0.25) is 14.4 Å². The maximum Gasteiger partial charge on any atom is 0.233 e. The van der Waals surface area contributed by atoms with Gasteiger partial charge in [-0.05, 0) is 50.2 Å². The summed E-state index contributed by atoms with van der Waals surface area (Å²) in [6.45, 7) is 3.80. The number of para-hydroxylation sites is 2. The highest BCUT2D eigenvalue weighted by atomic mass is 16.5. The van der Waals surface area contributed by atoms with Crippen molar-refractivity contribution in [2.24, 2.45) is 0 Å². The number of carbonyl (C=O) groups excluding carboxylic acids is 3. The van der Waals surface area contributed by atoms with Gasteiger partial charge >= 0.3 is 0 Å². The van der Waals surface area contributed by atoms with Crippen molar-refractivity contribution in [2.75, 3.05) is 17.2 Å². The van der Waals surface area contributed by atoms with Crippen molar-refractivity contribution in [1.29, 1.82) is 0 Å². The van der Waals surface area contributed by atoms with Gasteiger partial charge < -0.3 is 15.4 Å². The molecule has 0 bridgehead atoms. The maximum atomic E-state index is 12.0. The van der Waals surface area contributed by atoms with Gasteiger partial charge in [0.25, 0.3) is 0 Å². The van der Waals surface area contributed by atoms with Gasteiger partial charge in [0.2, 0.25) is 11.8 Å². The number of Topliss-reactive ketones (excluding diaryl/α,β-unsaturated/α-hetero) is 1. The van der Waals surface area contributed by atoms with Crippen molar-refractivity contribution >= 4 is 29.0 Å². The monoisotopic (exact) mass is 340 g/mol. The van der Waals surface area contributed by atoms with Gasteiger partial charge in [-0.2, -0.15) is 0 Å². The van der Waals surface area contributed by atoms with Crippen LogP contribution in [0.2, 0.25) is 0 Å². The molecule has 2 N–H and O–H groups in total. The van der Waals surface area contributed by atoms with Crippen LogP contribution < -0.4 is 15.4 Å². The normalized spacial score (nSPS) is 10.0. The van der Waals surface area contributed by atoms with Crippen molar-refractivity contribution in [3.05, 3.63) is 54.1 Å². The molecule has 0 fully saturated rings. The summed E-state index contributed by atoms with van der Waals surface area (Å²) in [6, 6.07) is 13.5. The molecular weight excluding hydrogens is 320 g/mol. The predicted octanol–water partition coefficient (Wildman–Crippen LogP) is 3.26. The van der Waals surface area contributed by atoms with Crippen molar-refractivity contribution < 1.29 is 19.1 Å². The molecule has 0 unspecified atom stereocenters. The molecule has 6 heteroatoms. The third kappa shape index (κ3) is 5.46. The minimum atomic E-state index is -0.443. The molecule has 0 aromatic heterocycles. The zero-order valence-corrected chi connectivity index (χ0v) is 14.2. The number of carbonyl (C=O) groups is 3. The highest BCUT2D eigenvalue weighted by molar-refractivity contribution is 6.08. The lowest BCUT2D eigenvalue weighted by molar-refractivity contribution is -0.123. The van der Waals surface area contributed by atoms with Gasteiger partial charge in [0.1, 0.15) is 12.2 Å². The minimum absolute atomic E-state index is 0.0507. The second kappa shape index (κ2) is 8.63. The summed E-state index contributed by atoms with van der Waals surface area (Å²) < 4.78 is 5.43. The molecule has 6 nitrogen and oxygen atoms in total. The molecule has 0 atom stereocenters. The second-order valence-corrected chi connectivity index (χ2v) is 5.34. The summed E-state index contributed by atoms with van der Waals surface area (Å²) in [5, 5.41) is 5.29. The van der Waals surface area contributed by atoms with Crippen LogP contribution in [-0.2, 0) is 9.59 Å². The van der Waals surface area contributed by atoms with Crippen molar-refractivity contribution in [2.45, 2.75) is 20.3 Å². The fourth-order valence-electron chi connectivity index (χ4n) is 2.18. The van der Waals surface area contributed by atoms with Gasteiger partial charge in [-0.1, -0.05) is 12.1 Å². The molecule has 0 heterocycles. The Balaban J connectivity index is 1.92. The zero-order chi connectivity index (χ0) is 18.2. The Hall–Kier alpha value is -3.15. The van der Waals surface area contributed by atoms with E-state index in [1.807, 2.05) is 6.92 Å². The lowest BCUT2D eigenvalue weighted by Gasteiger charge is -2.11. The number of hydrogen-bond acceptors (Lipinski definition) is 4. The van der Waals surface area contributed by atoms with Crippen molar-refractivity contribution in [1.82, 2.24) is 0 Å². The van der Waals surface area contributed by atoms with Crippen LogP contribution in [0.25, 0.3) is 0 Å². The quantitative estimate of drug-likeness (QED) is 0.598. The van der Waals surface area contributed by atoms with E-state index in [1.54, 1.807) is 48.5 Å². The summed E-state index contributed by atoms with van der Waals surface area (Å²) in [5.41, 5.74) is 1.61. The third-order valence-corrected chi connectivity index (χ3v) is 3.36. The van der Waals surface area contributed by atoms with E-state index in [0.29, 0.717) is 29.3 Å². The van der Waals surface area contributed by atoms with Gasteiger partial charge in [0.05, 0.1) is 12.3 Å². The molecule has 2 rings (SSSR count). The number of ether oxygens (including phenoxy) is 1. The zero-order valence-electron chi connectivity index (χ0n) is 14.2. The second-order valence-electron chi connectivity index (χ2n) is 5.34. The molecule has 0 aliphatic carbocycles. The standard InChI is InChI=1S/C19H20N2O4/c1-3-25-17-7-5-4-6-16(17)21-19(24)12-18(23)20-15-10-8-14(9-11-15)13(2)22/h4-11H,3,12H2,1-2H3,(H,20,23)(H,21,24). The molecule has 0 radical (unpaired) electrons. The first-order valence-electron chi connectivity index (χ1n) is 7.92. The summed E-state index contributed by atoms with van der Waals surface area (Å²) in [5.74, 6) is -0.379. The largest absolute Gasteiger partial charge is 0.492 e. The lowest BCUT2D eigenvalue weighted by atomic mass is 10.1. The molecule has 0 saturated heterocycles. The molecule has 0 aliphatic heterocycles. The first kappa shape index (κ1) is 18.2. The Labute approximate surface area is 146 Å². The highest BCUT2D eigenvalue weighted by Crippen LogP contribution is 2.23. The van der Waals surface area contributed by atoms with Gasteiger partial charge in [0, 0.05) is 11.3 Å². The Morgan fingerprint density at radius 2 is 1.56 bits per heavy atom. The van der Waals surface area contributed by atoms with Crippen LogP contribution in [0.3, 0.4) is 0 Å². The number of benzene rings is 2. The van der Waals surface area contributed by atoms with E-state index in [4.69, 9.17) is 4.74 Å². The average molecular weight is 340 g/mol. The summed E-state index contributed by atoms with van der Waals surface area (Å²) >= 11 is 0. The predicted molar refractivity (Wildman–Crippen MR) is 95.9 cm³/mol. The molecule has 2 aromatic carbocycles. The summed E-state index contributed by atoms with van der Waals surface area (Å²) in [4.78, 5) is 35.2. The Morgan fingerprint density at radius 1 is 0.920 bits per heavy atom. The minimum Gasteiger partial charge on any atom is -0.492 e. The SMILES string of the molecule is CCOc1ccccc1NC(=O)CC(=O)Nc1ccc(C(C)=O)cc1. The van der Waals surface area contributed by atoms with E-state index in [1.165, 1.54) is 6.92 Å². The number of anilines is 2. The molecule has 0 spiro atoms. The molecule has 0 saturated carbocycles. The van der Waals surface area contributed by atoms with Crippen LogP contribution in [0, 0.1) is 0 Å². The molecule has 0 aliphatic rings. The van der Waals surface area contributed by atoms with E-state index in [2.05, 4.69) is 10.6 Å². The molecule has 2 aromatic rings. The van der Waals surface area contributed by atoms with E-state index in [-0.39, 0.29) is 12.2 Å². The van der Waals surface area contributed by atoms with Crippen LogP contribution >= 0.6 is 0 Å². The Morgan fingerprint density at radius 3 is 2.20 bits per heavy atom. The molecular formula is C19H20N2O4. The average Bonchev–Trinajstić information content (AvgIpc) is 2.57. The Bertz CT molecular complexity index is 769. The van der Waals surface area contributed by atoms with Gasteiger partial charge in [0.15, 0.2) is 5.78 Å². The number of amides is 2. The van der Waals surface area contributed by atoms with E-state index >= 15 is 0 Å². The first-order chi connectivity index (χ1) is 12.0. The summed E-state index contributed by atoms with van der Waals surface area (Å²) in [7, 11) is 0. The van der Waals surface area contributed by atoms with Crippen molar-refractivity contribution in [3.63, 3.8) is 0 Å². The van der Waals surface area contributed by atoms with Crippen LogP contribution in [0.4, 0.5) is 11.4 Å². The van der Waals surface area contributed by atoms with Crippen LogP contribution in [0.1, 0.15) is 30.6 Å². The number of nitrogens with one attached hydrogen (secondary N) is 2. The number of ketones is 1. The molecule has 2 amide bonds. The third-order valence-electron chi connectivity index (χ3n) is 3.36. The van der Waals surface area contributed by atoms with E-state index in [9.17, 15) is 14.4 Å². The van der Waals surface area contributed by atoms with Crippen LogP contribution in [0.5, 0.6) is 5.75 Å². The maximum absolute atomic E-state index is 12.0. The Kier molecular flexibility index (Phi) is 6.28. The van der Waals surface area contributed by atoms with Crippen LogP contribution in [-0.4, -0.2) is 24.2 Å². The number of rotatable bonds is 7. The number of hydrogen-bond donors (Lipinski definition) is 2. The van der Waals surface area contributed by atoms with Gasteiger partial charge in [-0.15, -0.1) is 0 Å². The lowest BCUT2D eigenvalue weighted by Crippen LogP contribution is -2.21. The first-order valence-corrected chi connectivity index (χ1v) is 7.92. The highest BCUT2D eigenvalue weighted by Gasteiger charge is 2.12.